The topological polar surface area (TPSA) is 120 Å². The van der Waals surface area contributed by atoms with Gasteiger partial charge in [0.2, 0.25) is 0 Å². The number of nitrogens with zero attached hydrogens (tertiary/aromatic N) is 6. The Morgan fingerprint density at radius 2 is 1.89 bits per heavy atom. The molecule has 0 bridgehead atoms. The Morgan fingerprint density at radius 3 is 2.79 bits per heavy atom. The van der Waals surface area contributed by atoms with Gasteiger partial charge in [0.1, 0.15) is 17.9 Å². The van der Waals surface area contributed by atoms with Gasteiger partial charge in [0.05, 0.1) is 12.1 Å². The van der Waals surface area contributed by atoms with Crippen LogP contribution in [0.5, 0.6) is 5.75 Å². The van der Waals surface area contributed by atoms with E-state index in [0.29, 0.717) is 35.9 Å². The predicted octanol–water partition coefficient (Wildman–Crippen LogP) is 2.31. The fourth-order valence-electron chi connectivity index (χ4n) is 3.13. The number of H-pyrrole nitrogens is 1. The van der Waals surface area contributed by atoms with Crippen molar-refractivity contribution in [3.63, 3.8) is 0 Å². The van der Waals surface area contributed by atoms with Gasteiger partial charge in [-0.1, -0.05) is 52.9 Å². The van der Waals surface area contributed by atoms with Crippen molar-refractivity contribution in [2.75, 3.05) is 5.73 Å². The second-order valence-corrected chi connectivity index (χ2v) is 6.36. The lowest BCUT2D eigenvalue weighted by molar-refractivity contribution is 0.310. The van der Waals surface area contributed by atoms with Crippen LogP contribution in [-0.2, 0) is 13.2 Å². The van der Waals surface area contributed by atoms with Crippen LogP contribution in [-0.4, -0.2) is 35.4 Å². The minimum Gasteiger partial charge on any atom is -0.486 e. The molecule has 0 saturated heterocycles. The average molecular weight is 372 g/mol. The number of anilines is 1. The van der Waals surface area contributed by atoms with Crippen LogP contribution in [0.4, 0.5) is 5.82 Å². The van der Waals surface area contributed by atoms with Gasteiger partial charge in [-0.05, 0) is 11.6 Å². The third kappa shape index (κ3) is 2.88. The first-order chi connectivity index (χ1) is 13.8. The largest absolute Gasteiger partial charge is 0.486 e. The number of pyridine rings is 1. The number of nitrogen functional groups attached to an aromatic ring is 1. The molecule has 0 radical (unpaired) electrons. The van der Waals surface area contributed by atoms with Crippen molar-refractivity contribution in [1.82, 2.24) is 35.4 Å². The molecular weight excluding hydrogens is 356 g/mol. The van der Waals surface area contributed by atoms with Gasteiger partial charge in [-0.2, -0.15) is 0 Å². The molecule has 0 saturated carbocycles. The number of ether oxygens (including phenoxy) is 1. The second kappa shape index (κ2) is 6.62. The summed E-state index contributed by atoms with van der Waals surface area (Å²) in [6.45, 7) is 0.953. The van der Waals surface area contributed by atoms with Crippen LogP contribution >= 0.6 is 0 Å². The highest BCUT2D eigenvalue weighted by Crippen LogP contribution is 2.25. The van der Waals surface area contributed by atoms with Crippen LogP contribution in [0.25, 0.3) is 22.2 Å². The minimum absolute atomic E-state index is 0.298. The van der Waals surface area contributed by atoms with E-state index in [1.807, 2.05) is 41.1 Å². The van der Waals surface area contributed by atoms with Crippen LogP contribution in [0.2, 0.25) is 0 Å². The summed E-state index contributed by atoms with van der Waals surface area (Å²) in [7, 11) is 0. The Kier molecular flexibility index (Phi) is 3.82. The maximum atomic E-state index is 5.96. The van der Waals surface area contributed by atoms with Crippen molar-refractivity contribution >= 4 is 28.0 Å². The zero-order valence-electron chi connectivity index (χ0n) is 14.8. The van der Waals surface area contributed by atoms with Crippen LogP contribution in [0, 0.1) is 0 Å². The van der Waals surface area contributed by atoms with Crippen LogP contribution in [0.15, 0.2) is 54.6 Å². The summed E-state index contributed by atoms with van der Waals surface area (Å²) in [6.07, 6.45) is 0. The third-order valence-corrected chi connectivity index (χ3v) is 4.47. The van der Waals surface area contributed by atoms with Crippen molar-refractivity contribution in [3.8, 4) is 5.75 Å². The summed E-state index contributed by atoms with van der Waals surface area (Å²) in [5.41, 5.74) is 10.7. The van der Waals surface area contributed by atoms with Crippen molar-refractivity contribution in [1.29, 1.82) is 0 Å². The van der Waals surface area contributed by atoms with Gasteiger partial charge >= 0.3 is 0 Å². The summed E-state index contributed by atoms with van der Waals surface area (Å²) in [5, 5.41) is 19.1. The fourth-order valence-corrected chi connectivity index (χ4v) is 3.13. The third-order valence-electron chi connectivity index (χ3n) is 4.47. The van der Waals surface area contributed by atoms with E-state index < -0.39 is 0 Å². The summed E-state index contributed by atoms with van der Waals surface area (Å²) >= 11 is 0. The van der Waals surface area contributed by atoms with Gasteiger partial charge < -0.3 is 10.5 Å². The number of hydrogen-bond acceptors (Lipinski definition) is 7. The molecule has 0 unspecified atom stereocenters. The molecule has 0 spiro atoms. The molecule has 5 aromatic rings. The minimum atomic E-state index is 0.298. The van der Waals surface area contributed by atoms with Gasteiger partial charge in [0.25, 0.3) is 0 Å². The Morgan fingerprint density at radius 1 is 1.00 bits per heavy atom. The Balaban J connectivity index is 1.44. The Bertz CT molecular complexity index is 1260. The van der Waals surface area contributed by atoms with E-state index >= 15 is 0 Å². The van der Waals surface area contributed by atoms with E-state index in [-0.39, 0.29) is 0 Å². The summed E-state index contributed by atoms with van der Waals surface area (Å²) < 4.78 is 7.84. The molecule has 0 aliphatic rings. The molecule has 3 N–H and O–H groups in total. The van der Waals surface area contributed by atoms with Crippen molar-refractivity contribution in [2.24, 2.45) is 0 Å². The Labute approximate surface area is 159 Å². The van der Waals surface area contributed by atoms with E-state index in [1.165, 1.54) is 0 Å². The zero-order chi connectivity index (χ0) is 18.9. The zero-order valence-corrected chi connectivity index (χ0v) is 14.8. The summed E-state index contributed by atoms with van der Waals surface area (Å²) in [5.74, 6) is 0.852. The number of benzene rings is 2. The molecular formula is C19H16N8O. The molecule has 138 valence electrons. The lowest BCUT2D eigenvalue weighted by atomic mass is 10.2. The van der Waals surface area contributed by atoms with E-state index in [1.54, 1.807) is 6.07 Å². The first-order valence-electron chi connectivity index (χ1n) is 8.73. The molecule has 5 rings (SSSR count). The first kappa shape index (κ1) is 16.2. The molecule has 0 amide bonds. The summed E-state index contributed by atoms with van der Waals surface area (Å²) in [4.78, 5) is 4.14. The van der Waals surface area contributed by atoms with Crippen molar-refractivity contribution in [3.05, 3.63) is 65.7 Å². The number of aromatic nitrogens is 7. The SMILES string of the molecule is Nc1cc(OCc2cccc3c2nnn3Cc2ccccc2)c2nn[nH]c2n1. The quantitative estimate of drug-likeness (QED) is 0.485. The first-order valence-corrected chi connectivity index (χ1v) is 8.73. The van der Waals surface area contributed by atoms with E-state index in [9.17, 15) is 0 Å². The average Bonchev–Trinajstić information content (AvgIpc) is 3.34. The van der Waals surface area contributed by atoms with Gasteiger partial charge in [-0.15, -0.1) is 10.2 Å². The summed E-state index contributed by atoms with van der Waals surface area (Å²) in [6, 6.07) is 17.7. The number of aromatic amines is 1. The molecule has 3 heterocycles. The van der Waals surface area contributed by atoms with Crippen LogP contribution in [0.1, 0.15) is 11.1 Å². The fraction of sp³-hybridized carbons (Fsp3) is 0.105. The number of hydrogen-bond donors (Lipinski definition) is 2. The number of nitrogens with two attached hydrogens (primary N) is 1. The molecule has 0 atom stereocenters. The number of rotatable bonds is 5. The molecule has 0 aliphatic heterocycles. The molecule has 28 heavy (non-hydrogen) atoms. The lowest BCUT2D eigenvalue weighted by Crippen LogP contribution is -2.02. The smallest absolute Gasteiger partial charge is 0.181 e. The highest BCUT2D eigenvalue weighted by molar-refractivity contribution is 5.80. The number of fused-ring (bicyclic) bond motifs is 2. The Hall–Kier alpha value is -4.01. The van der Waals surface area contributed by atoms with E-state index in [4.69, 9.17) is 10.5 Å². The van der Waals surface area contributed by atoms with Crippen LogP contribution in [0.3, 0.4) is 0 Å². The normalized spacial score (nSPS) is 11.3. The highest BCUT2D eigenvalue weighted by atomic mass is 16.5. The maximum absolute atomic E-state index is 5.96. The van der Waals surface area contributed by atoms with Gasteiger partial charge in [0.15, 0.2) is 16.9 Å². The molecule has 9 heteroatoms. The van der Waals surface area contributed by atoms with Crippen molar-refractivity contribution < 1.29 is 4.74 Å². The molecule has 0 aliphatic carbocycles. The maximum Gasteiger partial charge on any atom is 0.181 e. The lowest BCUT2D eigenvalue weighted by Gasteiger charge is -2.08. The second-order valence-electron chi connectivity index (χ2n) is 6.36. The molecule has 3 aromatic heterocycles. The molecule has 0 fully saturated rings. The van der Waals surface area contributed by atoms with Gasteiger partial charge in [0, 0.05) is 11.6 Å². The molecule has 2 aromatic carbocycles. The standard InChI is InChI=1S/C19H16N8O/c20-16-9-15(18-19(21-16)24-25-22-18)28-11-13-7-4-8-14-17(13)23-26-27(14)10-12-5-2-1-3-6-12/h1-9H,10-11H2,(H3,20,21,22,24,25). The van der Waals surface area contributed by atoms with E-state index in [0.717, 1.165) is 22.2 Å². The highest BCUT2D eigenvalue weighted by Gasteiger charge is 2.13. The number of nitrogens with one attached hydrogen (secondary N) is 1. The predicted molar refractivity (Wildman–Crippen MR) is 104 cm³/mol. The van der Waals surface area contributed by atoms with Crippen molar-refractivity contribution in [2.45, 2.75) is 13.2 Å². The monoisotopic (exact) mass is 372 g/mol. The van der Waals surface area contributed by atoms with Gasteiger partial charge in [-0.25, -0.2) is 14.8 Å². The van der Waals surface area contributed by atoms with E-state index in [2.05, 4.69) is 42.8 Å². The molecule has 9 nitrogen and oxygen atoms in total. The van der Waals surface area contributed by atoms with Crippen LogP contribution < -0.4 is 10.5 Å². The van der Waals surface area contributed by atoms with Gasteiger partial charge in [-0.3, -0.25) is 0 Å².